The van der Waals surface area contributed by atoms with Crippen LogP contribution in [0.5, 0.6) is 0 Å². The van der Waals surface area contributed by atoms with Crippen molar-refractivity contribution in [2.75, 3.05) is 11.1 Å². The molecule has 2 N–H and O–H groups in total. The molecule has 2 aromatic carbocycles. The molecule has 1 heterocycles. The summed E-state index contributed by atoms with van der Waals surface area (Å²) in [5.41, 5.74) is 3.23. The molecule has 0 aliphatic heterocycles. The van der Waals surface area contributed by atoms with Gasteiger partial charge in [-0.15, -0.1) is 10.2 Å². The average molecular weight is 674 g/mol. The summed E-state index contributed by atoms with van der Waals surface area (Å²) >= 11 is 15.8. The predicted octanol–water partition coefficient (Wildman–Crippen LogP) is 7.07. The van der Waals surface area contributed by atoms with Gasteiger partial charge in [-0.3, -0.25) is 9.59 Å². The SMILES string of the molecule is CCn1c(SCC(=O)Nc2c(C)cc(I)cc2C)nnc1[C@@H](CC(C)C)NC(=O)c1ccc(Cl)cc1Cl. The Kier molecular flexibility index (Phi) is 10.7. The molecular formula is C26H30Cl2IN5O2S. The fourth-order valence-corrected chi connectivity index (χ4v) is 6.22. The Labute approximate surface area is 245 Å². The highest BCUT2D eigenvalue weighted by Gasteiger charge is 2.25. The Morgan fingerprint density at radius 1 is 1.11 bits per heavy atom. The van der Waals surface area contributed by atoms with Crippen LogP contribution in [0.25, 0.3) is 0 Å². The molecule has 11 heteroatoms. The lowest BCUT2D eigenvalue weighted by Gasteiger charge is -2.21. The minimum Gasteiger partial charge on any atom is -0.342 e. The molecule has 0 aliphatic rings. The quantitative estimate of drug-likeness (QED) is 0.178. The third kappa shape index (κ3) is 7.84. The Morgan fingerprint density at radius 3 is 2.38 bits per heavy atom. The Morgan fingerprint density at radius 2 is 1.78 bits per heavy atom. The van der Waals surface area contributed by atoms with Crippen molar-refractivity contribution in [1.29, 1.82) is 0 Å². The van der Waals surface area contributed by atoms with Gasteiger partial charge in [-0.2, -0.15) is 0 Å². The van der Waals surface area contributed by atoms with Crippen LogP contribution in [0.2, 0.25) is 10.0 Å². The highest BCUT2D eigenvalue weighted by molar-refractivity contribution is 14.1. The van der Waals surface area contributed by atoms with E-state index in [1.54, 1.807) is 18.2 Å². The van der Waals surface area contributed by atoms with Crippen molar-refractivity contribution in [3.8, 4) is 0 Å². The largest absolute Gasteiger partial charge is 0.342 e. The van der Waals surface area contributed by atoms with Gasteiger partial charge in [-0.05, 0) is 97.2 Å². The number of aromatic nitrogens is 3. The van der Waals surface area contributed by atoms with E-state index in [9.17, 15) is 9.59 Å². The number of hydrogen-bond acceptors (Lipinski definition) is 5. The van der Waals surface area contributed by atoms with Gasteiger partial charge >= 0.3 is 0 Å². The zero-order valence-corrected chi connectivity index (χ0v) is 25.8. The predicted molar refractivity (Wildman–Crippen MR) is 160 cm³/mol. The zero-order valence-electron chi connectivity index (χ0n) is 21.4. The highest BCUT2D eigenvalue weighted by atomic mass is 127. The summed E-state index contributed by atoms with van der Waals surface area (Å²) in [4.78, 5) is 25.8. The number of rotatable bonds is 10. The normalized spacial score (nSPS) is 12.0. The second-order valence-corrected chi connectivity index (χ2v) is 12.1. The van der Waals surface area contributed by atoms with E-state index in [4.69, 9.17) is 23.2 Å². The van der Waals surface area contributed by atoms with Gasteiger partial charge in [0.25, 0.3) is 5.91 Å². The third-order valence-corrected chi connectivity index (χ3v) is 7.79. The van der Waals surface area contributed by atoms with E-state index in [-0.39, 0.29) is 34.5 Å². The number of benzene rings is 2. The summed E-state index contributed by atoms with van der Waals surface area (Å²) < 4.78 is 3.07. The molecule has 1 atom stereocenters. The standard InChI is InChI=1S/C26H30Cl2IN5O2S/c1-6-34-24(21(9-14(2)3)30-25(36)19-8-7-17(27)12-20(19)28)32-33-26(34)37-13-22(35)31-23-15(4)10-18(29)11-16(23)5/h7-8,10-12,14,21H,6,9,13H2,1-5H3,(H,30,36)(H,31,35)/t21-/m1/s1. The summed E-state index contributed by atoms with van der Waals surface area (Å²) in [6.07, 6.45) is 0.658. The molecule has 0 aliphatic carbocycles. The van der Waals surface area contributed by atoms with Gasteiger partial charge in [0.2, 0.25) is 5.91 Å². The third-order valence-electron chi connectivity index (χ3n) is 5.66. The van der Waals surface area contributed by atoms with E-state index >= 15 is 0 Å². The first-order valence-electron chi connectivity index (χ1n) is 11.9. The van der Waals surface area contributed by atoms with Crippen molar-refractivity contribution in [3.63, 3.8) is 0 Å². The van der Waals surface area contributed by atoms with Crippen molar-refractivity contribution >= 4 is 75.1 Å². The number of hydrogen-bond donors (Lipinski definition) is 2. The molecule has 37 heavy (non-hydrogen) atoms. The summed E-state index contributed by atoms with van der Waals surface area (Å²) in [6.45, 7) is 10.7. The maximum atomic E-state index is 13.1. The number of halogens is 3. The molecule has 1 aromatic heterocycles. The summed E-state index contributed by atoms with van der Waals surface area (Å²) in [6, 6.07) is 8.48. The number of anilines is 1. The molecular weight excluding hydrogens is 644 g/mol. The van der Waals surface area contributed by atoms with Gasteiger partial charge in [0.1, 0.15) is 0 Å². The Hall–Kier alpha value is -1.82. The fourth-order valence-electron chi connectivity index (χ4n) is 3.99. The van der Waals surface area contributed by atoms with E-state index < -0.39 is 0 Å². The minimum absolute atomic E-state index is 0.117. The van der Waals surface area contributed by atoms with Gasteiger partial charge in [0, 0.05) is 20.8 Å². The molecule has 7 nitrogen and oxygen atoms in total. The van der Waals surface area contributed by atoms with Crippen LogP contribution in [0, 0.1) is 23.3 Å². The smallest absolute Gasteiger partial charge is 0.253 e. The Bertz CT molecular complexity index is 1270. The fraction of sp³-hybridized carbons (Fsp3) is 0.385. The van der Waals surface area contributed by atoms with Crippen LogP contribution in [0.15, 0.2) is 35.5 Å². The van der Waals surface area contributed by atoms with Crippen LogP contribution < -0.4 is 10.6 Å². The Balaban J connectivity index is 1.76. The molecule has 0 radical (unpaired) electrons. The van der Waals surface area contributed by atoms with Crippen LogP contribution >= 0.6 is 57.6 Å². The number of aryl methyl sites for hydroxylation is 2. The van der Waals surface area contributed by atoms with Crippen molar-refractivity contribution in [2.45, 2.75) is 58.8 Å². The summed E-state index contributed by atoms with van der Waals surface area (Å²) in [5, 5.41) is 16.2. The van der Waals surface area contributed by atoms with Gasteiger partial charge in [-0.1, -0.05) is 48.8 Å². The molecule has 3 aromatic rings. The van der Waals surface area contributed by atoms with Gasteiger partial charge in [-0.25, -0.2) is 0 Å². The van der Waals surface area contributed by atoms with Crippen LogP contribution in [-0.4, -0.2) is 32.3 Å². The minimum atomic E-state index is -0.382. The maximum Gasteiger partial charge on any atom is 0.253 e. The topological polar surface area (TPSA) is 88.9 Å². The molecule has 0 unspecified atom stereocenters. The number of amides is 2. The van der Waals surface area contributed by atoms with Crippen LogP contribution in [0.1, 0.15) is 60.5 Å². The van der Waals surface area contributed by atoms with E-state index in [1.807, 2.05) is 37.5 Å². The van der Waals surface area contributed by atoms with Crippen molar-refractivity contribution in [2.24, 2.45) is 5.92 Å². The first-order chi connectivity index (χ1) is 17.5. The highest BCUT2D eigenvalue weighted by Crippen LogP contribution is 2.28. The maximum absolute atomic E-state index is 13.1. The molecule has 3 rings (SSSR count). The first kappa shape index (κ1) is 29.7. The van der Waals surface area contributed by atoms with Crippen LogP contribution in [-0.2, 0) is 11.3 Å². The molecule has 2 amide bonds. The lowest BCUT2D eigenvalue weighted by atomic mass is 10.0. The second kappa shape index (κ2) is 13.3. The summed E-state index contributed by atoms with van der Waals surface area (Å²) in [7, 11) is 0. The molecule has 0 bridgehead atoms. The van der Waals surface area contributed by atoms with E-state index in [0.717, 1.165) is 20.4 Å². The van der Waals surface area contributed by atoms with Crippen molar-refractivity contribution in [3.05, 3.63) is 66.5 Å². The lowest BCUT2D eigenvalue weighted by Crippen LogP contribution is -2.32. The van der Waals surface area contributed by atoms with E-state index in [2.05, 4.69) is 57.3 Å². The molecule has 198 valence electrons. The van der Waals surface area contributed by atoms with Gasteiger partial charge in [0.15, 0.2) is 11.0 Å². The van der Waals surface area contributed by atoms with Gasteiger partial charge < -0.3 is 15.2 Å². The molecule has 0 saturated carbocycles. The number of nitrogens with zero attached hydrogens (tertiary/aromatic N) is 3. The number of carbonyl (C=O) groups is 2. The average Bonchev–Trinajstić information content (AvgIpc) is 3.22. The van der Waals surface area contributed by atoms with Crippen molar-refractivity contribution < 1.29 is 9.59 Å². The number of carbonyl (C=O) groups excluding carboxylic acids is 2. The van der Waals surface area contributed by atoms with Crippen LogP contribution in [0.4, 0.5) is 5.69 Å². The second-order valence-electron chi connectivity index (χ2n) is 9.12. The first-order valence-corrected chi connectivity index (χ1v) is 14.7. The lowest BCUT2D eigenvalue weighted by molar-refractivity contribution is -0.113. The monoisotopic (exact) mass is 673 g/mol. The molecule has 0 spiro atoms. The number of thioether (sulfide) groups is 1. The number of nitrogens with one attached hydrogen (secondary N) is 2. The zero-order chi connectivity index (χ0) is 27.3. The summed E-state index contributed by atoms with van der Waals surface area (Å²) in [5.74, 6) is 0.686. The van der Waals surface area contributed by atoms with E-state index in [0.29, 0.717) is 34.5 Å². The van der Waals surface area contributed by atoms with Gasteiger partial charge in [0.05, 0.1) is 22.4 Å². The molecule has 0 fully saturated rings. The van der Waals surface area contributed by atoms with E-state index in [1.165, 1.54) is 11.8 Å². The van der Waals surface area contributed by atoms with Crippen LogP contribution in [0.3, 0.4) is 0 Å². The molecule has 0 saturated heterocycles. The van der Waals surface area contributed by atoms with Crippen molar-refractivity contribution in [1.82, 2.24) is 20.1 Å².